The zero-order valence-corrected chi connectivity index (χ0v) is 18.7. The molecule has 0 unspecified atom stereocenters. The average molecular weight is 377 g/mol. The zero-order valence-electron chi connectivity index (χ0n) is 18.7. The minimum absolute atomic E-state index is 0.173. The van der Waals surface area contributed by atoms with Crippen LogP contribution in [0.3, 0.4) is 0 Å². The molecule has 0 heteroatoms. The lowest BCUT2D eigenvalue weighted by Crippen LogP contribution is -2.29. The van der Waals surface area contributed by atoms with Gasteiger partial charge in [-0.1, -0.05) is 116 Å². The molecule has 0 heterocycles. The Hall–Kier alpha value is -1.56. The van der Waals surface area contributed by atoms with E-state index >= 15 is 0 Å². The van der Waals surface area contributed by atoms with Gasteiger partial charge in [0.1, 0.15) is 0 Å². The fraction of sp³-hybridized carbons (Fsp3) is 0.571. The molecule has 0 N–H and O–H groups in total. The Morgan fingerprint density at radius 1 is 0.429 bits per heavy atom. The van der Waals surface area contributed by atoms with Crippen molar-refractivity contribution < 1.29 is 0 Å². The van der Waals surface area contributed by atoms with Gasteiger partial charge in [0.2, 0.25) is 0 Å². The van der Waals surface area contributed by atoms with Crippen molar-refractivity contribution in [2.24, 2.45) is 0 Å². The highest BCUT2D eigenvalue weighted by molar-refractivity contribution is 5.45. The molecule has 1 aliphatic rings. The maximum atomic E-state index is 2.48. The second-order valence-electron chi connectivity index (χ2n) is 9.52. The topological polar surface area (TPSA) is 0 Å². The van der Waals surface area contributed by atoms with Crippen molar-refractivity contribution in [1.82, 2.24) is 0 Å². The molecule has 0 amide bonds. The Balaban J connectivity index is 2.09. The predicted octanol–water partition coefficient (Wildman–Crippen LogP) is 8.51. The molecule has 0 bridgehead atoms. The summed E-state index contributed by atoms with van der Waals surface area (Å²) in [5.74, 6) is 0. The van der Waals surface area contributed by atoms with E-state index in [1.165, 1.54) is 92.9 Å². The SMILES string of the molecule is Cc1cc(C)cc(C2(c3cc(C)cc(C)c3)CCCCCCCCCCC2)c1. The molecule has 28 heavy (non-hydrogen) atoms. The average Bonchev–Trinajstić information content (AvgIpc) is 2.61. The molecule has 152 valence electrons. The first kappa shape index (κ1) is 21.2. The van der Waals surface area contributed by atoms with Gasteiger partial charge in [-0.05, 0) is 51.7 Å². The van der Waals surface area contributed by atoms with Gasteiger partial charge in [0.05, 0.1) is 0 Å². The lowest BCUT2D eigenvalue weighted by molar-refractivity contribution is 0.382. The van der Waals surface area contributed by atoms with Crippen molar-refractivity contribution in [2.45, 2.75) is 104 Å². The first-order valence-electron chi connectivity index (χ1n) is 11.7. The summed E-state index contributed by atoms with van der Waals surface area (Å²) >= 11 is 0. The van der Waals surface area contributed by atoms with Gasteiger partial charge in [-0.3, -0.25) is 0 Å². The Bertz CT molecular complexity index is 662. The third-order valence-electron chi connectivity index (χ3n) is 6.76. The minimum atomic E-state index is 0.173. The molecular weight excluding hydrogens is 336 g/mol. The van der Waals surface area contributed by atoms with Gasteiger partial charge < -0.3 is 0 Å². The van der Waals surface area contributed by atoms with Gasteiger partial charge in [0, 0.05) is 5.41 Å². The molecule has 3 rings (SSSR count). The number of hydrogen-bond donors (Lipinski definition) is 0. The molecule has 0 aliphatic heterocycles. The third-order valence-corrected chi connectivity index (χ3v) is 6.76. The summed E-state index contributed by atoms with van der Waals surface area (Å²) in [6, 6.07) is 14.6. The lowest BCUT2D eigenvalue weighted by Gasteiger charge is -2.37. The Morgan fingerprint density at radius 2 is 0.714 bits per heavy atom. The Labute approximate surface area is 173 Å². The van der Waals surface area contributed by atoms with Crippen LogP contribution in [0.5, 0.6) is 0 Å². The van der Waals surface area contributed by atoms with E-state index in [4.69, 9.17) is 0 Å². The van der Waals surface area contributed by atoms with Gasteiger partial charge in [-0.2, -0.15) is 0 Å². The second-order valence-corrected chi connectivity index (χ2v) is 9.52. The smallest absolute Gasteiger partial charge is 0.0203 e. The van der Waals surface area contributed by atoms with Gasteiger partial charge in [0.15, 0.2) is 0 Å². The van der Waals surface area contributed by atoms with Crippen LogP contribution in [0.4, 0.5) is 0 Å². The molecule has 0 spiro atoms. The maximum Gasteiger partial charge on any atom is 0.0203 e. The highest BCUT2D eigenvalue weighted by atomic mass is 14.4. The highest BCUT2D eigenvalue weighted by Gasteiger charge is 2.34. The lowest BCUT2D eigenvalue weighted by atomic mass is 9.66. The number of benzene rings is 2. The summed E-state index contributed by atoms with van der Waals surface area (Å²) in [6.07, 6.45) is 15.2. The summed E-state index contributed by atoms with van der Waals surface area (Å²) in [4.78, 5) is 0. The minimum Gasteiger partial charge on any atom is -0.0564 e. The van der Waals surface area contributed by atoms with Crippen molar-refractivity contribution in [2.75, 3.05) is 0 Å². The molecule has 1 aliphatic carbocycles. The first-order chi connectivity index (χ1) is 13.5. The van der Waals surface area contributed by atoms with Crippen molar-refractivity contribution in [3.8, 4) is 0 Å². The molecule has 0 atom stereocenters. The van der Waals surface area contributed by atoms with E-state index in [1.54, 1.807) is 11.1 Å². The molecule has 0 radical (unpaired) electrons. The van der Waals surface area contributed by atoms with E-state index in [1.807, 2.05) is 0 Å². The van der Waals surface area contributed by atoms with Gasteiger partial charge in [-0.15, -0.1) is 0 Å². The first-order valence-corrected chi connectivity index (χ1v) is 11.7. The summed E-state index contributed by atoms with van der Waals surface area (Å²) in [6.45, 7) is 9.06. The van der Waals surface area contributed by atoms with Crippen LogP contribution in [0, 0.1) is 27.7 Å². The van der Waals surface area contributed by atoms with E-state index < -0.39 is 0 Å². The van der Waals surface area contributed by atoms with E-state index in [0.717, 1.165) is 0 Å². The van der Waals surface area contributed by atoms with Crippen LogP contribution < -0.4 is 0 Å². The van der Waals surface area contributed by atoms with Gasteiger partial charge in [-0.25, -0.2) is 0 Å². The molecule has 0 nitrogen and oxygen atoms in total. The highest BCUT2D eigenvalue weighted by Crippen LogP contribution is 2.43. The normalized spacial score (nSPS) is 18.9. The molecule has 0 aromatic heterocycles. The van der Waals surface area contributed by atoms with Crippen molar-refractivity contribution in [3.63, 3.8) is 0 Å². The molecule has 1 fully saturated rings. The van der Waals surface area contributed by atoms with E-state index in [0.29, 0.717) is 0 Å². The number of hydrogen-bond acceptors (Lipinski definition) is 0. The van der Waals surface area contributed by atoms with Crippen LogP contribution in [0.15, 0.2) is 36.4 Å². The van der Waals surface area contributed by atoms with E-state index in [9.17, 15) is 0 Å². The predicted molar refractivity (Wildman–Crippen MR) is 123 cm³/mol. The maximum absolute atomic E-state index is 2.48. The molecule has 1 saturated carbocycles. The van der Waals surface area contributed by atoms with Crippen LogP contribution in [0.25, 0.3) is 0 Å². The zero-order chi connectivity index (χ0) is 20.0. The van der Waals surface area contributed by atoms with Crippen LogP contribution in [0.1, 0.15) is 104 Å². The monoisotopic (exact) mass is 376 g/mol. The van der Waals surface area contributed by atoms with Crippen molar-refractivity contribution in [1.29, 1.82) is 0 Å². The molecule has 2 aromatic carbocycles. The van der Waals surface area contributed by atoms with E-state index in [2.05, 4.69) is 64.1 Å². The van der Waals surface area contributed by atoms with Crippen molar-refractivity contribution in [3.05, 3.63) is 69.8 Å². The summed E-state index contributed by atoms with van der Waals surface area (Å²) in [5.41, 5.74) is 8.93. The molecular formula is C28H40. The van der Waals surface area contributed by atoms with Gasteiger partial charge in [0.25, 0.3) is 0 Å². The Kier molecular flexibility index (Phi) is 7.38. The molecule has 0 saturated heterocycles. The van der Waals surface area contributed by atoms with E-state index in [-0.39, 0.29) is 5.41 Å². The largest absolute Gasteiger partial charge is 0.0564 e. The standard InChI is InChI=1S/C28H40/c1-22-16-23(2)19-26(18-22)28(27-20-24(3)17-25(4)21-27)14-12-10-8-6-5-7-9-11-13-15-28/h16-21H,5-15H2,1-4H3. The Morgan fingerprint density at radius 3 is 1.04 bits per heavy atom. The summed E-state index contributed by atoms with van der Waals surface area (Å²) in [7, 11) is 0. The summed E-state index contributed by atoms with van der Waals surface area (Å²) < 4.78 is 0. The fourth-order valence-corrected chi connectivity index (χ4v) is 5.46. The second kappa shape index (κ2) is 9.77. The summed E-state index contributed by atoms with van der Waals surface area (Å²) in [5, 5.41) is 0. The number of rotatable bonds is 2. The van der Waals surface area contributed by atoms with Crippen molar-refractivity contribution >= 4 is 0 Å². The fourth-order valence-electron chi connectivity index (χ4n) is 5.46. The van der Waals surface area contributed by atoms with Crippen LogP contribution in [-0.2, 0) is 5.41 Å². The third kappa shape index (κ3) is 5.28. The van der Waals surface area contributed by atoms with Crippen LogP contribution >= 0.6 is 0 Å². The number of aryl methyl sites for hydroxylation is 4. The molecule has 2 aromatic rings. The van der Waals surface area contributed by atoms with Crippen LogP contribution in [-0.4, -0.2) is 0 Å². The quantitative estimate of drug-likeness (QED) is 0.492. The van der Waals surface area contributed by atoms with Gasteiger partial charge >= 0.3 is 0 Å². The van der Waals surface area contributed by atoms with Crippen LogP contribution in [0.2, 0.25) is 0 Å².